The SMILES string of the molecule is COc1ccc(-c2c(Nc3ccc(OCCN4CCCCC4)cc3)c3ccc(O)cc3oc2=O)cc1. The first-order valence-electron chi connectivity index (χ1n) is 12.3. The molecule has 1 fully saturated rings. The summed E-state index contributed by atoms with van der Waals surface area (Å²) in [6, 6.07) is 19.7. The number of ether oxygens (including phenoxy) is 2. The van der Waals surface area contributed by atoms with Crippen molar-refractivity contribution in [3.8, 4) is 28.4 Å². The molecule has 1 aliphatic rings. The summed E-state index contributed by atoms with van der Waals surface area (Å²) in [5.41, 5.74) is 2.30. The van der Waals surface area contributed by atoms with Gasteiger partial charge in [-0.25, -0.2) is 4.79 Å². The Labute approximate surface area is 209 Å². The van der Waals surface area contributed by atoms with E-state index in [9.17, 15) is 9.90 Å². The lowest BCUT2D eigenvalue weighted by molar-refractivity contribution is 0.183. The fourth-order valence-electron chi connectivity index (χ4n) is 4.59. The minimum absolute atomic E-state index is 0.0276. The smallest absolute Gasteiger partial charge is 0.346 e. The van der Waals surface area contributed by atoms with E-state index >= 15 is 0 Å². The lowest BCUT2D eigenvalue weighted by atomic mass is 10.0. The van der Waals surface area contributed by atoms with Crippen LogP contribution in [0.15, 0.2) is 75.9 Å². The third-order valence-corrected chi connectivity index (χ3v) is 6.52. The van der Waals surface area contributed by atoms with Crippen LogP contribution in [0.3, 0.4) is 0 Å². The van der Waals surface area contributed by atoms with Crippen molar-refractivity contribution in [2.75, 3.05) is 38.7 Å². The molecule has 2 N–H and O–H groups in total. The molecule has 5 rings (SSSR count). The maximum absolute atomic E-state index is 13.1. The van der Waals surface area contributed by atoms with Crippen LogP contribution in [0.5, 0.6) is 17.2 Å². The molecule has 1 aliphatic heterocycles. The van der Waals surface area contributed by atoms with Gasteiger partial charge in [-0.3, -0.25) is 4.90 Å². The van der Waals surface area contributed by atoms with E-state index in [0.717, 1.165) is 31.1 Å². The topological polar surface area (TPSA) is 84.2 Å². The molecule has 0 amide bonds. The van der Waals surface area contributed by atoms with Crippen LogP contribution in [0.25, 0.3) is 22.1 Å². The maximum Gasteiger partial charge on any atom is 0.346 e. The number of rotatable bonds is 8. The van der Waals surface area contributed by atoms with Crippen LogP contribution in [-0.2, 0) is 0 Å². The van der Waals surface area contributed by atoms with Crippen LogP contribution in [0, 0.1) is 0 Å². The summed E-state index contributed by atoms with van der Waals surface area (Å²) in [5.74, 6) is 1.52. The monoisotopic (exact) mass is 486 g/mol. The Morgan fingerprint density at radius 3 is 2.39 bits per heavy atom. The molecule has 7 heteroatoms. The number of nitrogens with one attached hydrogen (secondary N) is 1. The highest BCUT2D eigenvalue weighted by atomic mass is 16.5. The molecule has 7 nitrogen and oxygen atoms in total. The largest absolute Gasteiger partial charge is 0.508 e. The van der Waals surface area contributed by atoms with Gasteiger partial charge in [-0.2, -0.15) is 0 Å². The first-order valence-corrected chi connectivity index (χ1v) is 12.3. The molecule has 0 atom stereocenters. The summed E-state index contributed by atoms with van der Waals surface area (Å²) in [6.07, 6.45) is 3.86. The third kappa shape index (κ3) is 5.31. The van der Waals surface area contributed by atoms with Crippen LogP contribution in [-0.4, -0.2) is 43.4 Å². The van der Waals surface area contributed by atoms with E-state index in [4.69, 9.17) is 13.9 Å². The summed E-state index contributed by atoms with van der Waals surface area (Å²) >= 11 is 0. The fourth-order valence-corrected chi connectivity index (χ4v) is 4.59. The molecule has 4 aromatic rings. The fraction of sp³-hybridized carbons (Fsp3) is 0.276. The number of phenolic OH excluding ortho intramolecular Hbond substituents is 1. The van der Waals surface area contributed by atoms with Crippen molar-refractivity contribution in [1.82, 2.24) is 4.90 Å². The number of aromatic hydroxyl groups is 1. The molecule has 2 heterocycles. The molecule has 0 unspecified atom stereocenters. The number of phenols is 1. The quantitative estimate of drug-likeness (QED) is 0.305. The van der Waals surface area contributed by atoms with Gasteiger partial charge in [0.25, 0.3) is 0 Å². The number of hydrogen-bond donors (Lipinski definition) is 2. The van der Waals surface area contributed by atoms with Crippen molar-refractivity contribution in [1.29, 1.82) is 0 Å². The van der Waals surface area contributed by atoms with Crippen molar-refractivity contribution >= 4 is 22.3 Å². The Balaban J connectivity index is 1.41. The van der Waals surface area contributed by atoms with Gasteiger partial charge in [0, 0.05) is 23.7 Å². The zero-order valence-electron chi connectivity index (χ0n) is 20.3. The van der Waals surface area contributed by atoms with E-state index in [1.165, 1.54) is 25.3 Å². The van der Waals surface area contributed by atoms with Crippen LogP contribution in [0.1, 0.15) is 19.3 Å². The van der Waals surface area contributed by atoms with E-state index in [-0.39, 0.29) is 5.75 Å². The Hall–Kier alpha value is -3.97. The zero-order valence-corrected chi connectivity index (χ0v) is 20.3. The third-order valence-electron chi connectivity index (χ3n) is 6.52. The van der Waals surface area contributed by atoms with Gasteiger partial charge in [0.15, 0.2) is 0 Å². The number of likely N-dealkylation sites (tertiary alicyclic amines) is 1. The number of methoxy groups -OCH3 is 1. The molecule has 186 valence electrons. The molecule has 0 spiro atoms. The van der Waals surface area contributed by atoms with E-state index in [1.54, 1.807) is 31.4 Å². The van der Waals surface area contributed by atoms with Gasteiger partial charge in [-0.1, -0.05) is 18.6 Å². The number of piperidine rings is 1. The first-order chi connectivity index (χ1) is 17.6. The Kier molecular flexibility index (Phi) is 7.09. The highest BCUT2D eigenvalue weighted by molar-refractivity contribution is 6.00. The van der Waals surface area contributed by atoms with Crippen LogP contribution >= 0.6 is 0 Å². The van der Waals surface area contributed by atoms with Gasteiger partial charge >= 0.3 is 5.63 Å². The summed E-state index contributed by atoms with van der Waals surface area (Å²) in [4.78, 5) is 15.5. The van der Waals surface area contributed by atoms with Crippen LogP contribution < -0.4 is 20.4 Å². The molecular weight excluding hydrogens is 456 g/mol. The molecule has 0 saturated carbocycles. The van der Waals surface area contributed by atoms with Gasteiger partial charge in [-0.15, -0.1) is 0 Å². The average molecular weight is 487 g/mol. The van der Waals surface area contributed by atoms with E-state index in [1.807, 2.05) is 36.4 Å². The van der Waals surface area contributed by atoms with Crippen molar-refractivity contribution in [3.05, 3.63) is 77.2 Å². The highest BCUT2D eigenvalue weighted by Gasteiger charge is 2.18. The van der Waals surface area contributed by atoms with E-state index < -0.39 is 5.63 Å². The Morgan fingerprint density at radius 2 is 1.67 bits per heavy atom. The summed E-state index contributed by atoms with van der Waals surface area (Å²) in [7, 11) is 1.60. The van der Waals surface area contributed by atoms with Crippen LogP contribution in [0.2, 0.25) is 0 Å². The highest BCUT2D eigenvalue weighted by Crippen LogP contribution is 2.36. The molecular formula is C29H30N2O5. The van der Waals surface area contributed by atoms with Crippen molar-refractivity contribution in [3.63, 3.8) is 0 Å². The van der Waals surface area contributed by atoms with Gasteiger partial charge < -0.3 is 24.3 Å². The van der Waals surface area contributed by atoms with E-state index in [2.05, 4.69) is 10.2 Å². The van der Waals surface area contributed by atoms with Crippen molar-refractivity contribution in [2.24, 2.45) is 0 Å². The molecule has 1 saturated heterocycles. The number of hydrogen-bond acceptors (Lipinski definition) is 7. The summed E-state index contributed by atoms with van der Waals surface area (Å²) < 4.78 is 16.8. The Bertz CT molecular complexity index is 1370. The minimum Gasteiger partial charge on any atom is -0.508 e. The standard InChI is InChI=1S/C29H30N2O5/c1-34-23-10-5-20(6-11-23)27-28(25-14-9-22(32)19-26(25)36-29(27)33)30-21-7-12-24(13-8-21)35-18-17-31-15-3-2-4-16-31/h5-14,19,30,32H,2-4,15-18H2,1H3. The lowest BCUT2D eigenvalue weighted by Gasteiger charge is -2.26. The normalized spacial score (nSPS) is 14.0. The zero-order chi connectivity index (χ0) is 24.9. The summed E-state index contributed by atoms with van der Waals surface area (Å²) in [5, 5.41) is 14.0. The molecule has 0 radical (unpaired) electrons. The molecule has 3 aromatic carbocycles. The van der Waals surface area contributed by atoms with E-state index in [0.29, 0.717) is 40.1 Å². The number of nitrogens with zero attached hydrogens (tertiary/aromatic N) is 1. The Morgan fingerprint density at radius 1 is 0.944 bits per heavy atom. The minimum atomic E-state index is -0.501. The molecule has 36 heavy (non-hydrogen) atoms. The van der Waals surface area contributed by atoms with Crippen LogP contribution in [0.4, 0.5) is 11.4 Å². The lowest BCUT2D eigenvalue weighted by Crippen LogP contribution is -2.33. The number of benzene rings is 3. The predicted molar refractivity (Wildman–Crippen MR) is 142 cm³/mol. The second-order valence-electron chi connectivity index (χ2n) is 8.95. The second-order valence-corrected chi connectivity index (χ2v) is 8.95. The number of fused-ring (bicyclic) bond motifs is 1. The maximum atomic E-state index is 13.1. The summed E-state index contributed by atoms with van der Waals surface area (Å²) in [6.45, 7) is 3.89. The van der Waals surface area contributed by atoms with Gasteiger partial charge in [0.05, 0.1) is 18.4 Å². The number of anilines is 2. The predicted octanol–water partition coefficient (Wildman–Crippen LogP) is 5.78. The van der Waals surface area contributed by atoms with Gasteiger partial charge in [0.2, 0.25) is 0 Å². The first kappa shape index (κ1) is 23.8. The average Bonchev–Trinajstić information content (AvgIpc) is 2.90. The van der Waals surface area contributed by atoms with Gasteiger partial charge in [-0.05, 0) is 80.0 Å². The van der Waals surface area contributed by atoms with Gasteiger partial charge in [0.1, 0.15) is 29.4 Å². The second kappa shape index (κ2) is 10.7. The molecule has 0 bridgehead atoms. The molecule has 1 aromatic heterocycles. The molecule has 0 aliphatic carbocycles. The van der Waals surface area contributed by atoms with Crippen molar-refractivity contribution < 1.29 is 19.0 Å². The van der Waals surface area contributed by atoms with Crippen molar-refractivity contribution in [2.45, 2.75) is 19.3 Å².